The van der Waals surface area contributed by atoms with E-state index in [1.54, 1.807) is 0 Å². The van der Waals surface area contributed by atoms with Crippen LogP contribution < -0.4 is 10.4 Å². The molecule has 0 radical (unpaired) electrons. The molecule has 3 aliphatic rings. The van der Waals surface area contributed by atoms with Crippen LogP contribution >= 0.6 is 24.0 Å². The molecular formula is C29H27Cl2N. The first-order chi connectivity index (χ1) is 15.2. The molecule has 162 valence electrons. The molecule has 1 heterocycles. The minimum absolute atomic E-state index is 0. The number of nitrogens with zero attached hydrogens (tertiary/aromatic N) is 1. The van der Waals surface area contributed by atoms with E-state index in [1.165, 1.54) is 48.7 Å². The number of hydrogen-bond acceptors (Lipinski definition) is 1. The Hall–Kier alpha value is -2.61. The Morgan fingerprint density at radius 1 is 0.844 bits per heavy atom. The minimum atomic E-state index is 0. The van der Waals surface area contributed by atoms with Crippen LogP contribution in [0.4, 0.5) is 0 Å². The molecule has 0 aromatic heterocycles. The Morgan fingerprint density at radius 3 is 2.53 bits per heavy atom. The van der Waals surface area contributed by atoms with Crippen molar-refractivity contribution in [1.29, 1.82) is 0 Å². The number of fused-ring (bicyclic) bond motifs is 5. The predicted octanol–water partition coefficient (Wildman–Crippen LogP) is 5.74. The maximum absolute atomic E-state index is 6.41. The summed E-state index contributed by atoms with van der Waals surface area (Å²) >= 11 is 6.41. The molecule has 1 nitrogen and oxygen atoms in total. The second kappa shape index (κ2) is 9.90. The van der Waals surface area contributed by atoms with Crippen LogP contribution in [0.25, 0.3) is 17.7 Å². The molecule has 3 aromatic rings. The lowest BCUT2D eigenvalue weighted by Gasteiger charge is -2.22. The SMILES string of the molecule is C1=Cc2ccccc2CC=N1.CC1=c2ccc3c(c2CCC1Cl)CC=c1ccccc1=3.Cl. The average Bonchev–Trinajstić information content (AvgIpc) is 3.07. The van der Waals surface area contributed by atoms with Crippen molar-refractivity contribution in [3.63, 3.8) is 0 Å². The smallest absolute Gasteiger partial charge is 0.0554 e. The molecule has 0 fully saturated rings. The molecule has 1 unspecified atom stereocenters. The summed E-state index contributed by atoms with van der Waals surface area (Å²) in [4.78, 5) is 4.08. The van der Waals surface area contributed by atoms with Gasteiger partial charge in [-0.05, 0) is 81.0 Å². The largest absolute Gasteiger partial charge is 0.269 e. The summed E-state index contributed by atoms with van der Waals surface area (Å²) < 4.78 is 0. The van der Waals surface area contributed by atoms with Crippen LogP contribution in [0.2, 0.25) is 0 Å². The number of halogens is 2. The standard InChI is InChI=1S/C19H17Cl.C10H9N.ClH/c1-12-14-8-9-17-15-5-3-2-4-13(15)6-7-18(17)16(14)10-11-19(12)20;1-2-4-10-6-8-11-7-5-9(10)3-1;/h2-6,8-9,19H,7,10-11H2,1H3;1-5,7-8H,6H2;1H. The zero-order valence-electron chi connectivity index (χ0n) is 18.2. The van der Waals surface area contributed by atoms with E-state index in [1.807, 2.05) is 18.5 Å². The van der Waals surface area contributed by atoms with Gasteiger partial charge in [0.25, 0.3) is 0 Å². The lowest BCUT2D eigenvalue weighted by molar-refractivity contribution is 0.811. The van der Waals surface area contributed by atoms with E-state index in [0.717, 1.165) is 25.7 Å². The molecule has 3 aromatic carbocycles. The Balaban J connectivity index is 0.000000174. The number of hydrogen-bond donors (Lipinski definition) is 0. The Bertz CT molecular complexity index is 1420. The summed E-state index contributed by atoms with van der Waals surface area (Å²) in [5.41, 5.74) is 7.02. The van der Waals surface area contributed by atoms with Crippen molar-refractivity contribution in [2.75, 3.05) is 0 Å². The maximum Gasteiger partial charge on any atom is 0.0554 e. The maximum atomic E-state index is 6.41. The van der Waals surface area contributed by atoms with Gasteiger partial charge in [0.2, 0.25) is 0 Å². The van der Waals surface area contributed by atoms with Crippen molar-refractivity contribution in [2.45, 2.75) is 38.0 Å². The third-order valence-electron chi connectivity index (χ3n) is 6.56. The van der Waals surface area contributed by atoms with Gasteiger partial charge in [-0.3, -0.25) is 4.99 Å². The Kier molecular flexibility index (Phi) is 6.98. The predicted molar refractivity (Wildman–Crippen MR) is 140 cm³/mol. The van der Waals surface area contributed by atoms with Gasteiger partial charge in [-0.1, -0.05) is 66.7 Å². The topological polar surface area (TPSA) is 12.4 Å². The third kappa shape index (κ3) is 4.33. The Labute approximate surface area is 200 Å². The van der Waals surface area contributed by atoms with Crippen molar-refractivity contribution in [3.8, 4) is 0 Å². The molecule has 0 bridgehead atoms. The first kappa shape index (κ1) is 22.6. The average molecular weight is 460 g/mol. The molecule has 32 heavy (non-hydrogen) atoms. The highest BCUT2D eigenvalue weighted by Crippen LogP contribution is 2.24. The quantitative estimate of drug-likeness (QED) is 0.380. The zero-order valence-corrected chi connectivity index (χ0v) is 19.8. The highest BCUT2D eigenvalue weighted by molar-refractivity contribution is 6.25. The van der Waals surface area contributed by atoms with Crippen molar-refractivity contribution in [3.05, 3.63) is 110 Å². The van der Waals surface area contributed by atoms with Crippen molar-refractivity contribution in [1.82, 2.24) is 0 Å². The molecule has 0 spiro atoms. The van der Waals surface area contributed by atoms with Crippen molar-refractivity contribution in [2.24, 2.45) is 4.99 Å². The van der Waals surface area contributed by atoms with Crippen LogP contribution in [0.5, 0.6) is 0 Å². The highest BCUT2D eigenvalue weighted by Gasteiger charge is 2.18. The van der Waals surface area contributed by atoms with Gasteiger partial charge >= 0.3 is 0 Å². The fourth-order valence-corrected chi connectivity index (χ4v) is 5.07. The van der Waals surface area contributed by atoms with Crippen LogP contribution in [0.1, 0.15) is 35.6 Å². The molecule has 1 atom stereocenters. The first-order valence-corrected chi connectivity index (χ1v) is 11.5. The number of aliphatic imine (C=N–C) groups is 1. The number of rotatable bonds is 0. The fourth-order valence-electron chi connectivity index (χ4n) is 4.84. The fraction of sp³-hybridized carbons (Fsp3) is 0.207. The van der Waals surface area contributed by atoms with Crippen LogP contribution in [-0.4, -0.2) is 11.6 Å². The molecular weight excluding hydrogens is 433 g/mol. The normalized spacial score (nSPS) is 17.2. The minimum Gasteiger partial charge on any atom is -0.269 e. The van der Waals surface area contributed by atoms with Crippen LogP contribution in [0.3, 0.4) is 0 Å². The molecule has 0 saturated heterocycles. The van der Waals surface area contributed by atoms with Crippen molar-refractivity contribution < 1.29 is 0 Å². The van der Waals surface area contributed by atoms with Gasteiger partial charge in [0.1, 0.15) is 0 Å². The summed E-state index contributed by atoms with van der Waals surface area (Å²) in [6, 6.07) is 21.6. The van der Waals surface area contributed by atoms with Gasteiger partial charge in [0, 0.05) is 18.8 Å². The van der Waals surface area contributed by atoms with Crippen LogP contribution in [0, 0.1) is 10.4 Å². The van der Waals surface area contributed by atoms with Gasteiger partial charge in [0.15, 0.2) is 0 Å². The van der Waals surface area contributed by atoms with E-state index in [2.05, 4.69) is 78.7 Å². The molecule has 0 N–H and O–H groups in total. The Morgan fingerprint density at radius 2 is 1.62 bits per heavy atom. The number of alkyl halides is 1. The summed E-state index contributed by atoms with van der Waals surface area (Å²) in [6.45, 7) is 2.18. The number of benzene rings is 3. The summed E-state index contributed by atoms with van der Waals surface area (Å²) in [6.07, 6.45) is 12.4. The summed E-state index contributed by atoms with van der Waals surface area (Å²) in [7, 11) is 0. The van der Waals surface area contributed by atoms with Gasteiger partial charge in [-0.2, -0.15) is 0 Å². The van der Waals surface area contributed by atoms with Gasteiger partial charge in [-0.25, -0.2) is 0 Å². The van der Waals surface area contributed by atoms with Gasteiger partial charge in [0.05, 0.1) is 5.38 Å². The molecule has 2 aliphatic carbocycles. The third-order valence-corrected chi connectivity index (χ3v) is 7.11. The summed E-state index contributed by atoms with van der Waals surface area (Å²) in [5, 5.41) is 5.76. The molecule has 3 heteroatoms. The second-order valence-electron chi connectivity index (χ2n) is 8.35. The molecule has 0 amide bonds. The van der Waals surface area contributed by atoms with Gasteiger partial charge in [-0.15, -0.1) is 24.0 Å². The van der Waals surface area contributed by atoms with Crippen LogP contribution in [-0.2, 0) is 19.3 Å². The highest BCUT2D eigenvalue weighted by atomic mass is 35.5. The zero-order chi connectivity index (χ0) is 21.2. The molecule has 6 rings (SSSR count). The second-order valence-corrected chi connectivity index (χ2v) is 8.88. The van der Waals surface area contributed by atoms with E-state index in [0.29, 0.717) is 0 Å². The van der Waals surface area contributed by atoms with Crippen LogP contribution in [0.15, 0.2) is 71.9 Å². The van der Waals surface area contributed by atoms with Crippen molar-refractivity contribution >= 4 is 47.9 Å². The first-order valence-electron chi connectivity index (χ1n) is 11.0. The van der Waals surface area contributed by atoms with E-state index < -0.39 is 0 Å². The van der Waals surface area contributed by atoms with E-state index in [9.17, 15) is 0 Å². The lowest BCUT2D eigenvalue weighted by atomic mass is 9.86. The summed E-state index contributed by atoms with van der Waals surface area (Å²) in [5.74, 6) is 0. The lowest BCUT2D eigenvalue weighted by Crippen LogP contribution is -2.26. The monoisotopic (exact) mass is 459 g/mol. The molecule has 1 aliphatic heterocycles. The van der Waals surface area contributed by atoms with E-state index in [4.69, 9.17) is 11.6 Å². The van der Waals surface area contributed by atoms with Gasteiger partial charge < -0.3 is 0 Å². The molecule has 0 saturated carbocycles. The van der Waals surface area contributed by atoms with E-state index >= 15 is 0 Å². The van der Waals surface area contributed by atoms with E-state index in [-0.39, 0.29) is 17.8 Å².